The second-order valence-electron chi connectivity index (χ2n) is 6.23. The van der Waals surface area contributed by atoms with E-state index >= 15 is 0 Å². The SMILES string of the molecule is CC1(C)CN(Cc2cncc(Br)c2)c2ccccc2CN1. The highest BCUT2D eigenvalue weighted by atomic mass is 79.9. The molecule has 1 aliphatic rings. The number of anilines is 1. The third kappa shape index (κ3) is 3.44. The predicted molar refractivity (Wildman–Crippen MR) is 90.3 cm³/mol. The summed E-state index contributed by atoms with van der Waals surface area (Å²) in [4.78, 5) is 6.72. The first-order valence-electron chi connectivity index (χ1n) is 7.21. The maximum atomic E-state index is 4.28. The summed E-state index contributed by atoms with van der Waals surface area (Å²) in [7, 11) is 0. The van der Waals surface area contributed by atoms with Crippen molar-refractivity contribution in [3.63, 3.8) is 0 Å². The van der Waals surface area contributed by atoms with Crippen molar-refractivity contribution in [3.8, 4) is 0 Å². The van der Waals surface area contributed by atoms with Crippen LogP contribution in [-0.2, 0) is 13.1 Å². The van der Waals surface area contributed by atoms with E-state index in [0.29, 0.717) is 0 Å². The van der Waals surface area contributed by atoms with Crippen LogP contribution < -0.4 is 10.2 Å². The minimum absolute atomic E-state index is 0.0818. The standard InChI is InChI=1S/C17H20BrN3/c1-17(2)12-21(11-13-7-15(18)10-19-8-13)16-6-4-3-5-14(16)9-20-17/h3-8,10,20H,9,11-12H2,1-2H3. The number of halogens is 1. The fraction of sp³-hybridized carbons (Fsp3) is 0.353. The van der Waals surface area contributed by atoms with Gasteiger partial charge in [-0.1, -0.05) is 18.2 Å². The van der Waals surface area contributed by atoms with Gasteiger partial charge in [0.1, 0.15) is 0 Å². The molecular weight excluding hydrogens is 326 g/mol. The van der Waals surface area contributed by atoms with E-state index in [9.17, 15) is 0 Å². The number of benzene rings is 1. The summed E-state index contributed by atoms with van der Waals surface area (Å²) in [6, 6.07) is 10.8. The quantitative estimate of drug-likeness (QED) is 0.898. The van der Waals surface area contributed by atoms with E-state index < -0.39 is 0 Å². The van der Waals surface area contributed by atoms with Crippen LogP contribution >= 0.6 is 15.9 Å². The summed E-state index contributed by atoms with van der Waals surface area (Å²) in [5, 5.41) is 3.64. The minimum atomic E-state index is 0.0818. The first kappa shape index (κ1) is 14.5. The molecule has 1 aliphatic heterocycles. The Hall–Kier alpha value is -1.39. The van der Waals surface area contributed by atoms with E-state index in [1.54, 1.807) is 0 Å². The van der Waals surface area contributed by atoms with E-state index in [1.165, 1.54) is 16.8 Å². The van der Waals surface area contributed by atoms with Crippen molar-refractivity contribution in [3.05, 3.63) is 58.3 Å². The number of nitrogens with one attached hydrogen (secondary N) is 1. The van der Waals surface area contributed by atoms with Crippen LogP contribution in [-0.4, -0.2) is 17.1 Å². The molecule has 0 radical (unpaired) electrons. The van der Waals surface area contributed by atoms with Gasteiger partial charge in [0, 0.05) is 47.7 Å². The van der Waals surface area contributed by atoms with E-state index in [2.05, 4.69) is 75.3 Å². The Morgan fingerprint density at radius 2 is 2.10 bits per heavy atom. The highest BCUT2D eigenvalue weighted by molar-refractivity contribution is 9.10. The van der Waals surface area contributed by atoms with E-state index in [0.717, 1.165) is 24.1 Å². The Kier molecular flexibility index (Phi) is 4.00. The van der Waals surface area contributed by atoms with Crippen LogP contribution in [0.3, 0.4) is 0 Å². The molecule has 0 unspecified atom stereocenters. The van der Waals surface area contributed by atoms with Gasteiger partial charge in [0.05, 0.1) is 0 Å². The highest BCUT2D eigenvalue weighted by Crippen LogP contribution is 2.28. The first-order chi connectivity index (χ1) is 10.0. The van der Waals surface area contributed by atoms with Gasteiger partial charge in [0.25, 0.3) is 0 Å². The van der Waals surface area contributed by atoms with Gasteiger partial charge in [-0.2, -0.15) is 0 Å². The summed E-state index contributed by atoms with van der Waals surface area (Å²) in [6.07, 6.45) is 3.77. The fourth-order valence-corrected chi connectivity index (χ4v) is 3.24. The molecule has 21 heavy (non-hydrogen) atoms. The van der Waals surface area contributed by atoms with Crippen molar-refractivity contribution < 1.29 is 0 Å². The van der Waals surface area contributed by atoms with Gasteiger partial charge in [-0.05, 0) is 53.0 Å². The number of pyridine rings is 1. The molecule has 1 N–H and O–H groups in total. The molecule has 3 rings (SSSR count). The summed E-state index contributed by atoms with van der Waals surface area (Å²) in [5.41, 5.74) is 3.97. The minimum Gasteiger partial charge on any atom is -0.365 e. The van der Waals surface area contributed by atoms with Crippen molar-refractivity contribution in [2.24, 2.45) is 0 Å². The molecule has 1 aromatic heterocycles. The molecule has 0 amide bonds. The number of aromatic nitrogens is 1. The summed E-state index contributed by atoms with van der Waals surface area (Å²) < 4.78 is 1.03. The average molecular weight is 346 g/mol. The van der Waals surface area contributed by atoms with Crippen LogP contribution in [0.5, 0.6) is 0 Å². The Bertz CT molecular complexity index is 639. The summed E-state index contributed by atoms with van der Waals surface area (Å²) >= 11 is 3.50. The Labute approximate surface area is 134 Å². The molecule has 2 aromatic rings. The topological polar surface area (TPSA) is 28.2 Å². The molecule has 0 atom stereocenters. The van der Waals surface area contributed by atoms with E-state index in [1.807, 2.05) is 12.4 Å². The Morgan fingerprint density at radius 3 is 2.90 bits per heavy atom. The molecule has 2 heterocycles. The predicted octanol–water partition coefficient (Wildman–Crippen LogP) is 3.73. The van der Waals surface area contributed by atoms with Gasteiger partial charge < -0.3 is 10.2 Å². The zero-order valence-corrected chi connectivity index (χ0v) is 14.0. The maximum Gasteiger partial charge on any atom is 0.0446 e. The molecule has 1 aromatic carbocycles. The van der Waals surface area contributed by atoms with Crippen LogP contribution in [0.25, 0.3) is 0 Å². The lowest BCUT2D eigenvalue weighted by Gasteiger charge is -2.32. The normalized spacial score (nSPS) is 17.2. The molecule has 0 fully saturated rings. The number of hydrogen-bond donors (Lipinski definition) is 1. The van der Waals surface area contributed by atoms with Crippen LogP contribution in [0.2, 0.25) is 0 Å². The van der Waals surface area contributed by atoms with Gasteiger partial charge in [-0.15, -0.1) is 0 Å². The van der Waals surface area contributed by atoms with Crippen molar-refractivity contribution in [2.75, 3.05) is 11.4 Å². The Morgan fingerprint density at radius 1 is 1.29 bits per heavy atom. The van der Waals surface area contributed by atoms with Gasteiger partial charge in [-0.25, -0.2) is 0 Å². The first-order valence-corrected chi connectivity index (χ1v) is 8.00. The number of nitrogens with zero attached hydrogens (tertiary/aromatic N) is 2. The van der Waals surface area contributed by atoms with Crippen LogP contribution in [0.1, 0.15) is 25.0 Å². The monoisotopic (exact) mass is 345 g/mol. The number of fused-ring (bicyclic) bond motifs is 1. The summed E-state index contributed by atoms with van der Waals surface area (Å²) in [5.74, 6) is 0. The molecular formula is C17H20BrN3. The number of para-hydroxylation sites is 1. The van der Waals surface area contributed by atoms with E-state index in [4.69, 9.17) is 0 Å². The van der Waals surface area contributed by atoms with Gasteiger partial charge in [0.15, 0.2) is 0 Å². The fourth-order valence-electron chi connectivity index (χ4n) is 2.83. The van der Waals surface area contributed by atoms with Crippen molar-refractivity contribution in [2.45, 2.75) is 32.5 Å². The third-order valence-electron chi connectivity index (χ3n) is 3.81. The second kappa shape index (κ2) is 5.78. The highest BCUT2D eigenvalue weighted by Gasteiger charge is 2.26. The molecule has 0 saturated heterocycles. The third-order valence-corrected chi connectivity index (χ3v) is 4.24. The maximum absolute atomic E-state index is 4.28. The van der Waals surface area contributed by atoms with Crippen molar-refractivity contribution in [1.82, 2.24) is 10.3 Å². The van der Waals surface area contributed by atoms with Crippen LogP contribution in [0, 0.1) is 0 Å². The molecule has 110 valence electrons. The molecule has 0 aliphatic carbocycles. The molecule has 4 heteroatoms. The zero-order chi connectivity index (χ0) is 14.9. The van der Waals surface area contributed by atoms with Gasteiger partial charge in [0.2, 0.25) is 0 Å². The number of hydrogen-bond acceptors (Lipinski definition) is 3. The van der Waals surface area contributed by atoms with Gasteiger partial charge in [-0.3, -0.25) is 4.98 Å². The average Bonchev–Trinajstić information content (AvgIpc) is 2.56. The lowest BCUT2D eigenvalue weighted by Crippen LogP contribution is -2.46. The summed E-state index contributed by atoms with van der Waals surface area (Å²) in [6.45, 7) is 7.26. The lowest BCUT2D eigenvalue weighted by molar-refractivity contribution is 0.395. The molecule has 0 bridgehead atoms. The smallest absolute Gasteiger partial charge is 0.0446 e. The largest absolute Gasteiger partial charge is 0.365 e. The van der Waals surface area contributed by atoms with Gasteiger partial charge >= 0.3 is 0 Å². The molecule has 0 saturated carbocycles. The van der Waals surface area contributed by atoms with Crippen molar-refractivity contribution in [1.29, 1.82) is 0 Å². The van der Waals surface area contributed by atoms with E-state index in [-0.39, 0.29) is 5.54 Å². The zero-order valence-electron chi connectivity index (χ0n) is 12.4. The molecule has 3 nitrogen and oxygen atoms in total. The second-order valence-corrected chi connectivity index (χ2v) is 7.15. The Balaban J connectivity index is 1.94. The number of rotatable bonds is 2. The molecule has 0 spiro atoms. The van der Waals surface area contributed by atoms with Crippen LogP contribution in [0.4, 0.5) is 5.69 Å². The van der Waals surface area contributed by atoms with Crippen LogP contribution in [0.15, 0.2) is 47.2 Å². The van der Waals surface area contributed by atoms with Crippen molar-refractivity contribution >= 4 is 21.6 Å². The lowest BCUT2D eigenvalue weighted by atomic mass is 10.1.